The second kappa shape index (κ2) is 5.65. The topological polar surface area (TPSA) is 38.7 Å². The molecule has 3 nitrogen and oxygen atoms in total. The molecule has 0 aliphatic carbocycles. The highest BCUT2D eigenvalue weighted by molar-refractivity contribution is 4.57. The van der Waals surface area contributed by atoms with Gasteiger partial charge in [0.15, 0.2) is 6.29 Å². The van der Waals surface area contributed by atoms with Crippen LogP contribution < -0.4 is 0 Å². The zero-order chi connectivity index (χ0) is 7.98. The zero-order valence-corrected chi connectivity index (χ0v) is 6.83. The molecule has 0 saturated heterocycles. The molecule has 0 aromatic rings. The molecule has 10 heavy (non-hydrogen) atoms. The minimum Gasteiger partial charge on any atom is -0.388 e. The van der Waals surface area contributed by atoms with Crippen molar-refractivity contribution in [3.8, 4) is 0 Å². The standard InChI is InChI=1S/C7H16O3/c1-4-5-6(8)7(9-2)10-3/h6-8H,4-5H2,1-3H3/t6-/m0/s1. The zero-order valence-electron chi connectivity index (χ0n) is 6.83. The van der Waals surface area contributed by atoms with Gasteiger partial charge in [0.05, 0.1) is 0 Å². The van der Waals surface area contributed by atoms with E-state index in [1.54, 1.807) is 0 Å². The number of rotatable bonds is 5. The monoisotopic (exact) mass is 148 g/mol. The lowest BCUT2D eigenvalue weighted by molar-refractivity contribution is -0.165. The van der Waals surface area contributed by atoms with Gasteiger partial charge in [-0.05, 0) is 6.42 Å². The summed E-state index contributed by atoms with van der Waals surface area (Å²) >= 11 is 0. The van der Waals surface area contributed by atoms with E-state index in [2.05, 4.69) is 0 Å². The number of aliphatic hydroxyl groups excluding tert-OH is 1. The first-order valence-corrected chi connectivity index (χ1v) is 3.49. The van der Waals surface area contributed by atoms with Crippen molar-refractivity contribution >= 4 is 0 Å². The van der Waals surface area contributed by atoms with Crippen LogP contribution in [0.1, 0.15) is 19.8 Å². The minimum absolute atomic E-state index is 0.472. The molecule has 0 aliphatic heterocycles. The van der Waals surface area contributed by atoms with Crippen molar-refractivity contribution in [1.82, 2.24) is 0 Å². The van der Waals surface area contributed by atoms with Gasteiger partial charge in [0.25, 0.3) is 0 Å². The van der Waals surface area contributed by atoms with Crippen LogP contribution in [0.25, 0.3) is 0 Å². The van der Waals surface area contributed by atoms with E-state index in [1.165, 1.54) is 14.2 Å². The highest BCUT2D eigenvalue weighted by atomic mass is 16.7. The third-order valence-corrected chi connectivity index (χ3v) is 1.36. The minimum atomic E-state index is -0.500. The van der Waals surface area contributed by atoms with Gasteiger partial charge in [0.2, 0.25) is 0 Å². The molecule has 0 aromatic heterocycles. The molecule has 0 aromatic carbocycles. The Kier molecular flexibility index (Phi) is 5.58. The van der Waals surface area contributed by atoms with Crippen LogP contribution >= 0.6 is 0 Å². The molecule has 62 valence electrons. The predicted octanol–water partition coefficient (Wildman–Crippen LogP) is 0.766. The molecule has 0 radical (unpaired) electrons. The largest absolute Gasteiger partial charge is 0.388 e. The van der Waals surface area contributed by atoms with E-state index in [4.69, 9.17) is 9.47 Å². The summed E-state index contributed by atoms with van der Waals surface area (Å²) in [5.74, 6) is 0. The summed E-state index contributed by atoms with van der Waals surface area (Å²) in [4.78, 5) is 0. The second-order valence-corrected chi connectivity index (χ2v) is 2.20. The molecule has 0 aliphatic rings. The maximum atomic E-state index is 9.26. The molecule has 0 rings (SSSR count). The van der Waals surface area contributed by atoms with Crippen LogP contribution in [0.4, 0.5) is 0 Å². The van der Waals surface area contributed by atoms with Crippen molar-refractivity contribution in [2.45, 2.75) is 32.2 Å². The van der Waals surface area contributed by atoms with Gasteiger partial charge in [-0.2, -0.15) is 0 Å². The van der Waals surface area contributed by atoms with Gasteiger partial charge < -0.3 is 14.6 Å². The van der Waals surface area contributed by atoms with Crippen LogP contribution in [0.5, 0.6) is 0 Å². The van der Waals surface area contributed by atoms with Crippen LogP contribution in [0.2, 0.25) is 0 Å². The normalized spacial score (nSPS) is 14.1. The van der Waals surface area contributed by atoms with Gasteiger partial charge in [-0.1, -0.05) is 13.3 Å². The van der Waals surface area contributed by atoms with Crippen molar-refractivity contribution in [3.63, 3.8) is 0 Å². The molecule has 0 spiro atoms. The average molecular weight is 148 g/mol. The van der Waals surface area contributed by atoms with Gasteiger partial charge in [-0.15, -0.1) is 0 Å². The fourth-order valence-electron chi connectivity index (χ4n) is 0.842. The molecule has 0 saturated carbocycles. The molecule has 0 bridgehead atoms. The number of hydrogen-bond acceptors (Lipinski definition) is 3. The first-order chi connectivity index (χ1) is 4.76. The maximum absolute atomic E-state index is 9.26. The van der Waals surface area contributed by atoms with Crippen molar-refractivity contribution in [3.05, 3.63) is 0 Å². The lowest BCUT2D eigenvalue weighted by Gasteiger charge is -2.18. The summed E-state index contributed by atoms with van der Waals surface area (Å²) in [6.07, 6.45) is 0.677. The van der Waals surface area contributed by atoms with Gasteiger partial charge >= 0.3 is 0 Å². The van der Waals surface area contributed by atoms with Crippen LogP contribution in [0.15, 0.2) is 0 Å². The first-order valence-electron chi connectivity index (χ1n) is 3.49. The van der Waals surface area contributed by atoms with Crippen LogP contribution in [0.3, 0.4) is 0 Å². The summed E-state index contributed by atoms with van der Waals surface area (Å²) in [7, 11) is 3.04. The van der Waals surface area contributed by atoms with E-state index >= 15 is 0 Å². The molecule has 3 heteroatoms. The van der Waals surface area contributed by atoms with Gasteiger partial charge in [-0.25, -0.2) is 0 Å². The van der Waals surface area contributed by atoms with Gasteiger partial charge in [0.1, 0.15) is 6.10 Å². The highest BCUT2D eigenvalue weighted by Crippen LogP contribution is 2.05. The Balaban J connectivity index is 3.53. The number of aliphatic hydroxyl groups is 1. The first kappa shape index (κ1) is 9.88. The van der Waals surface area contributed by atoms with Gasteiger partial charge in [-0.3, -0.25) is 0 Å². The summed E-state index contributed by atoms with van der Waals surface area (Å²) in [5, 5.41) is 9.26. The van der Waals surface area contributed by atoms with E-state index in [0.717, 1.165) is 6.42 Å². The summed E-state index contributed by atoms with van der Waals surface area (Å²) in [6, 6.07) is 0. The Bertz CT molecular complexity index is 71.3. The quantitative estimate of drug-likeness (QED) is 0.585. The van der Waals surface area contributed by atoms with Gasteiger partial charge in [0, 0.05) is 14.2 Å². The predicted molar refractivity (Wildman–Crippen MR) is 38.7 cm³/mol. The Morgan fingerprint density at radius 3 is 2.10 bits per heavy atom. The highest BCUT2D eigenvalue weighted by Gasteiger charge is 2.15. The van der Waals surface area contributed by atoms with E-state index in [1.807, 2.05) is 6.92 Å². The van der Waals surface area contributed by atoms with E-state index in [-0.39, 0.29) is 0 Å². The number of ether oxygens (including phenoxy) is 2. The SMILES string of the molecule is CCC[C@H](O)C(OC)OC. The molecule has 0 fully saturated rings. The molecular weight excluding hydrogens is 132 g/mol. The Hall–Kier alpha value is -0.120. The number of methoxy groups -OCH3 is 2. The fourth-order valence-corrected chi connectivity index (χ4v) is 0.842. The molecule has 1 atom stereocenters. The van der Waals surface area contributed by atoms with Crippen molar-refractivity contribution in [1.29, 1.82) is 0 Å². The van der Waals surface area contributed by atoms with Crippen molar-refractivity contribution < 1.29 is 14.6 Å². The molecule has 0 heterocycles. The Morgan fingerprint density at radius 1 is 1.30 bits per heavy atom. The summed E-state index contributed by atoms with van der Waals surface area (Å²) in [5.41, 5.74) is 0. The molecule has 0 unspecified atom stereocenters. The lowest BCUT2D eigenvalue weighted by Crippen LogP contribution is -2.29. The Morgan fingerprint density at radius 2 is 1.80 bits per heavy atom. The summed E-state index contributed by atoms with van der Waals surface area (Å²) in [6.45, 7) is 2.01. The molecule has 1 N–H and O–H groups in total. The van der Waals surface area contributed by atoms with E-state index in [0.29, 0.717) is 6.42 Å². The summed E-state index contributed by atoms with van der Waals surface area (Å²) < 4.78 is 9.68. The van der Waals surface area contributed by atoms with Crippen LogP contribution in [-0.2, 0) is 9.47 Å². The van der Waals surface area contributed by atoms with E-state index < -0.39 is 12.4 Å². The molecule has 0 amide bonds. The van der Waals surface area contributed by atoms with Crippen molar-refractivity contribution in [2.75, 3.05) is 14.2 Å². The third kappa shape index (κ3) is 3.15. The van der Waals surface area contributed by atoms with E-state index in [9.17, 15) is 5.11 Å². The van der Waals surface area contributed by atoms with Crippen molar-refractivity contribution in [2.24, 2.45) is 0 Å². The lowest BCUT2D eigenvalue weighted by atomic mass is 10.2. The molecular formula is C7H16O3. The van der Waals surface area contributed by atoms with Crippen LogP contribution in [0, 0.1) is 0 Å². The van der Waals surface area contributed by atoms with Crippen LogP contribution in [-0.4, -0.2) is 31.7 Å². The fraction of sp³-hybridized carbons (Fsp3) is 1.00. The third-order valence-electron chi connectivity index (χ3n) is 1.36. The maximum Gasteiger partial charge on any atom is 0.182 e. The smallest absolute Gasteiger partial charge is 0.182 e. The number of hydrogen-bond donors (Lipinski definition) is 1. The average Bonchev–Trinajstić information content (AvgIpc) is 1.91. The second-order valence-electron chi connectivity index (χ2n) is 2.20. The Labute approximate surface area is 62.0 Å².